The lowest BCUT2D eigenvalue weighted by Crippen LogP contribution is -2.59. The van der Waals surface area contributed by atoms with E-state index in [0.717, 1.165) is 0 Å². The van der Waals surface area contributed by atoms with Gasteiger partial charge in [-0.3, -0.25) is 0 Å². The van der Waals surface area contributed by atoms with Gasteiger partial charge in [-0.15, -0.1) is 0 Å². The van der Waals surface area contributed by atoms with E-state index in [1.54, 1.807) is 26.0 Å². The molecular weight excluding hydrogens is 437 g/mol. The first-order valence-electron chi connectivity index (χ1n) is 8.79. The lowest BCUT2D eigenvalue weighted by atomic mass is 9.93. The minimum absolute atomic E-state index is 0.0519. The van der Waals surface area contributed by atoms with Crippen LogP contribution in [-0.4, -0.2) is 23.0 Å². The number of aryl methyl sites for hydroxylation is 2. The topological polar surface area (TPSA) is 12.9 Å². The average molecular weight is 451 g/mol. The van der Waals surface area contributed by atoms with Gasteiger partial charge in [0, 0.05) is 5.39 Å². The van der Waals surface area contributed by atoms with Gasteiger partial charge >= 0.3 is 23.9 Å². The number of alkyl halides is 9. The van der Waals surface area contributed by atoms with E-state index in [1.165, 1.54) is 30.3 Å². The highest BCUT2D eigenvalue weighted by Crippen LogP contribution is 2.56. The molecular formula is C21H14F9N. The highest BCUT2D eigenvalue weighted by atomic mass is 19.4. The van der Waals surface area contributed by atoms with E-state index >= 15 is 0 Å². The van der Waals surface area contributed by atoms with Crippen molar-refractivity contribution >= 4 is 10.9 Å². The van der Waals surface area contributed by atoms with E-state index in [2.05, 4.69) is 4.98 Å². The van der Waals surface area contributed by atoms with E-state index in [0.29, 0.717) is 17.2 Å². The Morgan fingerprint density at radius 1 is 0.710 bits per heavy atom. The van der Waals surface area contributed by atoms with E-state index in [1.807, 2.05) is 0 Å². The Balaban J connectivity index is 2.35. The molecule has 0 atom stereocenters. The monoisotopic (exact) mass is 451 g/mol. The van der Waals surface area contributed by atoms with Gasteiger partial charge in [-0.25, -0.2) is 4.98 Å². The number of halogens is 9. The first-order valence-corrected chi connectivity index (χ1v) is 8.79. The van der Waals surface area contributed by atoms with Crippen LogP contribution in [0.5, 0.6) is 0 Å². The van der Waals surface area contributed by atoms with Crippen LogP contribution in [-0.2, 0) is 5.92 Å². The highest BCUT2D eigenvalue weighted by molar-refractivity contribution is 5.97. The van der Waals surface area contributed by atoms with Gasteiger partial charge in [-0.1, -0.05) is 36.4 Å². The molecule has 0 N–H and O–H groups in total. The summed E-state index contributed by atoms with van der Waals surface area (Å²) < 4.78 is 121. The zero-order valence-corrected chi connectivity index (χ0v) is 16.0. The molecule has 0 bridgehead atoms. The van der Waals surface area contributed by atoms with Crippen LogP contribution in [0.25, 0.3) is 22.0 Å². The van der Waals surface area contributed by atoms with Crippen LogP contribution in [0.3, 0.4) is 0 Å². The van der Waals surface area contributed by atoms with Crippen LogP contribution in [0.2, 0.25) is 0 Å². The highest BCUT2D eigenvalue weighted by Gasteiger charge is 2.82. The van der Waals surface area contributed by atoms with Gasteiger partial charge in [0.05, 0.1) is 5.52 Å². The molecule has 0 saturated carbocycles. The van der Waals surface area contributed by atoms with Gasteiger partial charge in [0.1, 0.15) is 5.69 Å². The summed E-state index contributed by atoms with van der Waals surface area (Å²) in [5.74, 6) is -19.7. The molecule has 0 aliphatic carbocycles. The van der Waals surface area contributed by atoms with Crippen molar-refractivity contribution in [3.8, 4) is 11.1 Å². The Morgan fingerprint density at radius 3 is 1.84 bits per heavy atom. The molecule has 10 heteroatoms. The minimum Gasteiger partial charge on any atom is -0.246 e. The molecule has 0 saturated heterocycles. The van der Waals surface area contributed by atoms with Gasteiger partial charge in [0.25, 0.3) is 0 Å². The van der Waals surface area contributed by atoms with Crippen molar-refractivity contribution in [2.75, 3.05) is 0 Å². The third-order valence-corrected chi connectivity index (χ3v) is 4.80. The number of pyridine rings is 1. The molecule has 0 aliphatic heterocycles. The van der Waals surface area contributed by atoms with Crippen molar-refractivity contribution in [1.29, 1.82) is 0 Å². The Hall–Kier alpha value is -2.78. The predicted molar refractivity (Wildman–Crippen MR) is 96.5 cm³/mol. The lowest BCUT2D eigenvalue weighted by Gasteiger charge is -2.33. The van der Waals surface area contributed by atoms with Gasteiger partial charge in [-0.05, 0) is 48.2 Å². The standard InChI is InChI=1S/C21H14F9N/c1-11-8-12(2)17-14(13-6-4-3-5-7-13)10-16(31-15(17)9-11)18(22,23)19(24,25)20(26,27)21(28,29)30/h3-10H,1-2H3. The summed E-state index contributed by atoms with van der Waals surface area (Å²) in [6.45, 7) is 3.17. The largest absolute Gasteiger partial charge is 0.460 e. The maximum Gasteiger partial charge on any atom is 0.460 e. The molecule has 166 valence electrons. The first-order chi connectivity index (χ1) is 14.1. The van der Waals surface area contributed by atoms with E-state index in [-0.39, 0.29) is 22.0 Å². The number of fused-ring (bicyclic) bond motifs is 1. The molecule has 0 spiro atoms. The third-order valence-electron chi connectivity index (χ3n) is 4.80. The average Bonchev–Trinajstić information content (AvgIpc) is 2.66. The maximum atomic E-state index is 14.6. The Labute approximate surface area is 170 Å². The van der Waals surface area contributed by atoms with Crippen molar-refractivity contribution < 1.29 is 39.5 Å². The van der Waals surface area contributed by atoms with Crippen LogP contribution in [0.4, 0.5) is 39.5 Å². The van der Waals surface area contributed by atoms with Crippen LogP contribution in [0.15, 0.2) is 48.5 Å². The van der Waals surface area contributed by atoms with Crippen molar-refractivity contribution in [2.45, 2.75) is 37.8 Å². The zero-order valence-electron chi connectivity index (χ0n) is 16.0. The van der Waals surface area contributed by atoms with Crippen LogP contribution < -0.4 is 0 Å². The van der Waals surface area contributed by atoms with E-state index in [9.17, 15) is 39.5 Å². The molecule has 2 aromatic carbocycles. The maximum absolute atomic E-state index is 14.6. The molecule has 3 rings (SSSR count). The SMILES string of the molecule is Cc1cc(C)c2c(-c3ccccc3)cc(C(F)(F)C(F)(F)C(F)(F)C(F)(F)F)nc2c1. The Kier molecular flexibility index (Phi) is 5.27. The molecule has 1 nitrogen and oxygen atoms in total. The van der Waals surface area contributed by atoms with Crippen LogP contribution >= 0.6 is 0 Å². The molecule has 0 amide bonds. The van der Waals surface area contributed by atoms with Crippen molar-refractivity contribution in [1.82, 2.24) is 4.98 Å². The molecule has 0 aliphatic rings. The zero-order chi connectivity index (χ0) is 23.4. The molecule has 0 radical (unpaired) electrons. The second-order valence-corrected chi connectivity index (χ2v) is 7.12. The molecule has 1 aromatic heterocycles. The molecule has 3 aromatic rings. The normalized spacial score (nSPS) is 13.6. The Morgan fingerprint density at radius 2 is 1.29 bits per heavy atom. The van der Waals surface area contributed by atoms with Crippen molar-refractivity contribution in [3.63, 3.8) is 0 Å². The summed E-state index contributed by atoms with van der Waals surface area (Å²) in [5.41, 5.74) is -0.876. The molecule has 0 unspecified atom stereocenters. The fourth-order valence-corrected chi connectivity index (χ4v) is 3.30. The van der Waals surface area contributed by atoms with Gasteiger partial charge in [-0.2, -0.15) is 39.5 Å². The second kappa shape index (κ2) is 7.13. The number of nitrogens with zero attached hydrogens (tertiary/aromatic N) is 1. The third kappa shape index (κ3) is 3.51. The summed E-state index contributed by atoms with van der Waals surface area (Å²) >= 11 is 0. The Bertz CT molecular complexity index is 1120. The fourth-order valence-electron chi connectivity index (χ4n) is 3.30. The second-order valence-electron chi connectivity index (χ2n) is 7.12. The number of rotatable bonds is 4. The summed E-state index contributed by atoms with van der Waals surface area (Å²) in [4.78, 5) is 3.39. The molecule has 0 fully saturated rings. The van der Waals surface area contributed by atoms with E-state index in [4.69, 9.17) is 0 Å². The summed E-state index contributed by atoms with van der Waals surface area (Å²) in [5, 5.41) is 0.280. The summed E-state index contributed by atoms with van der Waals surface area (Å²) in [6, 6.07) is 10.9. The number of aromatic nitrogens is 1. The van der Waals surface area contributed by atoms with Crippen molar-refractivity contribution in [3.05, 3.63) is 65.4 Å². The smallest absolute Gasteiger partial charge is 0.246 e. The van der Waals surface area contributed by atoms with Gasteiger partial charge in [0.2, 0.25) is 0 Å². The van der Waals surface area contributed by atoms with Crippen LogP contribution in [0, 0.1) is 13.8 Å². The number of hydrogen-bond donors (Lipinski definition) is 0. The predicted octanol–water partition coefficient (Wildman–Crippen LogP) is 7.44. The van der Waals surface area contributed by atoms with Gasteiger partial charge < -0.3 is 0 Å². The van der Waals surface area contributed by atoms with Gasteiger partial charge in [0.15, 0.2) is 0 Å². The quantitative estimate of drug-likeness (QED) is 0.376. The minimum atomic E-state index is -6.99. The fraction of sp³-hybridized carbons (Fsp3) is 0.286. The van der Waals surface area contributed by atoms with Crippen LogP contribution in [0.1, 0.15) is 16.8 Å². The number of benzene rings is 2. The molecule has 31 heavy (non-hydrogen) atoms. The summed E-state index contributed by atoms with van der Waals surface area (Å²) in [6.07, 6.45) is -6.90. The lowest BCUT2D eigenvalue weighted by molar-refractivity contribution is -0.400. The summed E-state index contributed by atoms with van der Waals surface area (Å²) in [7, 11) is 0. The van der Waals surface area contributed by atoms with E-state index < -0.39 is 29.6 Å². The first kappa shape index (κ1) is 22.9. The number of hydrogen-bond acceptors (Lipinski definition) is 1. The van der Waals surface area contributed by atoms with Crippen molar-refractivity contribution in [2.24, 2.45) is 0 Å². The molecule has 1 heterocycles.